The van der Waals surface area contributed by atoms with Crippen LogP contribution < -0.4 is 0 Å². The van der Waals surface area contributed by atoms with Crippen molar-refractivity contribution in [3.63, 3.8) is 0 Å². The van der Waals surface area contributed by atoms with E-state index < -0.39 is 0 Å². The third-order valence-electron chi connectivity index (χ3n) is 1.65. The fourth-order valence-corrected chi connectivity index (χ4v) is 1.04. The van der Waals surface area contributed by atoms with Crippen LogP contribution in [0.1, 0.15) is 19.8 Å². The number of hydrogen-bond donors (Lipinski definition) is 0. The Labute approximate surface area is 50.9 Å². The van der Waals surface area contributed by atoms with Gasteiger partial charge in [0.25, 0.3) is 0 Å². The van der Waals surface area contributed by atoms with Crippen LogP contribution in [0.2, 0.25) is 0 Å². The Bertz CT molecular complexity index is 120. The van der Waals surface area contributed by atoms with E-state index in [-0.39, 0.29) is 0 Å². The first-order valence-electron chi connectivity index (χ1n) is 3.13. The first-order valence-corrected chi connectivity index (χ1v) is 3.13. The summed E-state index contributed by atoms with van der Waals surface area (Å²) in [7, 11) is 0. The predicted molar refractivity (Wildman–Crippen MR) is 36.7 cm³/mol. The van der Waals surface area contributed by atoms with E-state index in [2.05, 4.69) is 25.7 Å². The zero-order chi connectivity index (χ0) is 5.98. The van der Waals surface area contributed by atoms with E-state index in [1.54, 1.807) is 0 Å². The monoisotopic (exact) mass is 108 g/mol. The molecule has 1 unspecified atom stereocenters. The zero-order valence-corrected chi connectivity index (χ0v) is 5.35. The fraction of sp³-hybridized carbons (Fsp3) is 0.500. The van der Waals surface area contributed by atoms with Crippen molar-refractivity contribution in [2.24, 2.45) is 5.92 Å². The Hall–Kier alpha value is -0.520. The molecule has 0 heteroatoms. The number of rotatable bonds is 1. The first kappa shape index (κ1) is 5.61. The molecule has 8 heavy (non-hydrogen) atoms. The summed E-state index contributed by atoms with van der Waals surface area (Å²) in [4.78, 5) is 0. The Morgan fingerprint density at radius 1 is 1.75 bits per heavy atom. The fourth-order valence-electron chi connectivity index (χ4n) is 1.04. The first-order chi connectivity index (χ1) is 3.80. The van der Waals surface area contributed by atoms with Gasteiger partial charge < -0.3 is 0 Å². The molecule has 0 spiro atoms. The van der Waals surface area contributed by atoms with Gasteiger partial charge in [0, 0.05) is 0 Å². The summed E-state index contributed by atoms with van der Waals surface area (Å²) in [5.74, 6) is 0.690. The molecule has 0 saturated heterocycles. The summed E-state index contributed by atoms with van der Waals surface area (Å²) in [5.41, 5.74) is 1.30. The smallest absolute Gasteiger partial charge is 0.00258 e. The Morgan fingerprint density at radius 2 is 2.50 bits per heavy atom. The van der Waals surface area contributed by atoms with E-state index >= 15 is 0 Å². The molecule has 0 nitrogen and oxygen atoms in total. The highest BCUT2D eigenvalue weighted by atomic mass is 14.1. The van der Waals surface area contributed by atoms with Crippen molar-refractivity contribution in [2.75, 3.05) is 0 Å². The predicted octanol–water partition coefficient (Wildman–Crippen LogP) is 2.53. The van der Waals surface area contributed by atoms with Crippen molar-refractivity contribution < 1.29 is 0 Å². The van der Waals surface area contributed by atoms with E-state index in [9.17, 15) is 0 Å². The molecule has 0 amide bonds. The molecule has 44 valence electrons. The summed E-state index contributed by atoms with van der Waals surface area (Å²) in [6.07, 6.45) is 7.02. The average molecular weight is 108 g/mol. The minimum absolute atomic E-state index is 0.690. The second-order valence-electron chi connectivity index (χ2n) is 2.46. The van der Waals surface area contributed by atoms with E-state index in [1.165, 1.54) is 18.4 Å². The van der Waals surface area contributed by atoms with Crippen LogP contribution in [0.3, 0.4) is 0 Å². The molecule has 1 aliphatic rings. The maximum Gasteiger partial charge on any atom is -0.00258 e. The molecule has 0 N–H and O–H groups in total. The van der Waals surface area contributed by atoms with Crippen LogP contribution in [0, 0.1) is 5.92 Å². The maximum absolute atomic E-state index is 3.89. The van der Waals surface area contributed by atoms with E-state index in [4.69, 9.17) is 0 Å². The molecule has 0 aromatic carbocycles. The number of allylic oxidation sites excluding steroid dienone is 3. The topological polar surface area (TPSA) is 0 Å². The minimum Gasteiger partial charge on any atom is -0.0995 e. The largest absolute Gasteiger partial charge is 0.0995 e. The highest BCUT2D eigenvalue weighted by Gasteiger charge is 2.07. The van der Waals surface area contributed by atoms with Gasteiger partial charge in [0.15, 0.2) is 0 Å². The maximum atomic E-state index is 3.89. The van der Waals surface area contributed by atoms with Crippen molar-refractivity contribution in [2.45, 2.75) is 19.8 Å². The lowest BCUT2D eigenvalue weighted by molar-refractivity contribution is 0.731. The van der Waals surface area contributed by atoms with Crippen molar-refractivity contribution in [1.82, 2.24) is 0 Å². The van der Waals surface area contributed by atoms with Crippen LogP contribution in [-0.4, -0.2) is 0 Å². The molecule has 0 aromatic heterocycles. The van der Waals surface area contributed by atoms with Gasteiger partial charge in [-0.25, -0.2) is 0 Å². The van der Waals surface area contributed by atoms with Gasteiger partial charge in [-0.1, -0.05) is 24.3 Å². The molecule has 0 heterocycles. The molecule has 0 aromatic rings. The van der Waals surface area contributed by atoms with Crippen LogP contribution in [-0.2, 0) is 0 Å². The van der Waals surface area contributed by atoms with E-state index in [0.717, 1.165) is 0 Å². The van der Waals surface area contributed by atoms with Gasteiger partial charge in [-0.05, 0) is 25.7 Å². The summed E-state index contributed by atoms with van der Waals surface area (Å²) in [6.45, 7) is 5.98. The van der Waals surface area contributed by atoms with Crippen LogP contribution in [0.4, 0.5) is 0 Å². The van der Waals surface area contributed by atoms with Gasteiger partial charge in [-0.3, -0.25) is 0 Å². The lowest BCUT2D eigenvalue weighted by atomic mass is 10.0. The summed E-state index contributed by atoms with van der Waals surface area (Å²) in [6, 6.07) is 0. The van der Waals surface area contributed by atoms with Crippen molar-refractivity contribution in [3.8, 4) is 0 Å². The molecular formula is C8H12. The highest BCUT2D eigenvalue weighted by molar-refractivity contribution is 5.11. The second kappa shape index (κ2) is 2.17. The van der Waals surface area contributed by atoms with Crippen LogP contribution in [0.25, 0.3) is 0 Å². The van der Waals surface area contributed by atoms with E-state index in [0.29, 0.717) is 5.92 Å². The highest BCUT2D eigenvalue weighted by Crippen LogP contribution is 2.22. The van der Waals surface area contributed by atoms with Crippen molar-refractivity contribution in [1.29, 1.82) is 0 Å². The lowest BCUT2D eigenvalue weighted by Crippen LogP contribution is -1.89. The molecule has 0 saturated carbocycles. The SMILES string of the molecule is C=C(C)C1C=CCC1. The molecule has 1 rings (SSSR count). The quantitative estimate of drug-likeness (QED) is 0.453. The van der Waals surface area contributed by atoms with Crippen LogP contribution >= 0.6 is 0 Å². The number of hydrogen-bond acceptors (Lipinski definition) is 0. The standard InChI is InChI=1S/C8H12/c1-7(2)8-5-3-4-6-8/h3,5,8H,1,4,6H2,2H3. The van der Waals surface area contributed by atoms with E-state index in [1.807, 2.05) is 0 Å². The summed E-state index contributed by atoms with van der Waals surface area (Å²) in [5, 5.41) is 0. The summed E-state index contributed by atoms with van der Waals surface area (Å²) >= 11 is 0. The normalized spacial score (nSPS) is 26.4. The van der Waals surface area contributed by atoms with Gasteiger partial charge >= 0.3 is 0 Å². The van der Waals surface area contributed by atoms with Crippen LogP contribution in [0.5, 0.6) is 0 Å². The molecule has 0 bridgehead atoms. The lowest BCUT2D eigenvalue weighted by Gasteiger charge is -2.03. The van der Waals surface area contributed by atoms with Crippen LogP contribution in [0.15, 0.2) is 24.3 Å². The van der Waals surface area contributed by atoms with Crippen molar-refractivity contribution in [3.05, 3.63) is 24.3 Å². The minimum atomic E-state index is 0.690. The third kappa shape index (κ3) is 1.00. The molecule has 0 fully saturated rings. The van der Waals surface area contributed by atoms with Gasteiger partial charge in [-0.15, -0.1) is 0 Å². The third-order valence-corrected chi connectivity index (χ3v) is 1.65. The molecular weight excluding hydrogens is 96.1 g/mol. The van der Waals surface area contributed by atoms with Gasteiger partial charge in [0.1, 0.15) is 0 Å². The molecule has 0 radical (unpaired) electrons. The van der Waals surface area contributed by atoms with Gasteiger partial charge in [-0.2, -0.15) is 0 Å². The molecule has 1 aliphatic carbocycles. The Morgan fingerprint density at radius 3 is 2.75 bits per heavy atom. The van der Waals surface area contributed by atoms with Crippen molar-refractivity contribution >= 4 is 0 Å². The second-order valence-corrected chi connectivity index (χ2v) is 2.46. The molecule has 1 atom stereocenters. The Kier molecular flexibility index (Phi) is 1.52. The molecule has 0 aliphatic heterocycles. The zero-order valence-electron chi connectivity index (χ0n) is 5.35. The summed E-state index contributed by atoms with van der Waals surface area (Å²) < 4.78 is 0. The Balaban J connectivity index is 2.48. The average Bonchev–Trinajstić information content (AvgIpc) is 2.12. The van der Waals surface area contributed by atoms with Gasteiger partial charge in [0.2, 0.25) is 0 Å². The van der Waals surface area contributed by atoms with Gasteiger partial charge in [0.05, 0.1) is 0 Å².